The molecule has 0 bridgehead atoms. The highest BCUT2D eigenvalue weighted by Crippen LogP contribution is 1.90. The normalized spacial score (nSPS) is 6.50. The molecule has 1 rings (SSSR count). The smallest absolute Gasteiger partial charge is 0.291 e. The van der Waals surface area contributed by atoms with Gasteiger partial charge in [0.15, 0.2) is 0 Å². The van der Waals surface area contributed by atoms with Gasteiger partial charge in [-0.25, -0.2) is 4.98 Å². The van der Waals surface area contributed by atoms with Crippen molar-refractivity contribution in [3.05, 3.63) is 12.5 Å². The molecule has 0 spiro atoms. The average Bonchev–Trinajstić information content (AvgIpc) is 1.86. The third-order valence-electron chi connectivity index (χ3n) is 0.451. The van der Waals surface area contributed by atoms with Crippen molar-refractivity contribution >= 4 is 30.8 Å². The van der Waals surface area contributed by atoms with Crippen molar-refractivity contribution < 1.29 is 4.42 Å². The fourth-order valence-electron chi connectivity index (χ4n) is 0.234. The van der Waals surface area contributed by atoms with Crippen LogP contribution >= 0.6 is 24.8 Å². The summed E-state index contributed by atoms with van der Waals surface area (Å²) in [5, 5.41) is 0. The van der Waals surface area contributed by atoms with E-state index >= 15 is 0 Å². The minimum absolute atomic E-state index is 0. The van der Waals surface area contributed by atoms with E-state index in [1.165, 1.54) is 12.5 Å². The number of anilines is 1. The average molecular weight is 157 g/mol. The first-order valence-electron chi connectivity index (χ1n) is 1.54. The number of rotatable bonds is 0. The molecule has 0 aliphatic heterocycles. The van der Waals surface area contributed by atoms with Crippen LogP contribution in [0.5, 0.6) is 0 Å². The van der Waals surface area contributed by atoms with Crippen LogP contribution in [-0.4, -0.2) is 4.98 Å². The predicted molar refractivity (Wildman–Crippen MR) is 35.4 cm³/mol. The molecule has 2 N–H and O–H groups in total. The molecule has 0 amide bonds. The second-order valence-electron chi connectivity index (χ2n) is 0.870. The van der Waals surface area contributed by atoms with Crippen LogP contribution in [0.4, 0.5) is 6.01 Å². The van der Waals surface area contributed by atoms with Gasteiger partial charge in [-0.1, -0.05) is 0 Å². The number of halogens is 2. The van der Waals surface area contributed by atoms with Gasteiger partial charge in [-0.05, 0) is 0 Å². The Labute approximate surface area is 59.1 Å². The first-order valence-corrected chi connectivity index (χ1v) is 1.54. The summed E-state index contributed by atoms with van der Waals surface area (Å²) in [4.78, 5) is 3.53. The van der Waals surface area contributed by atoms with Crippen LogP contribution in [0.2, 0.25) is 0 Å². The van der Waals surface area contributed by atoms with E-state index in [1.807, 2.05) is 0 Å². The molecule has 48 valence electrons. The van der Waals surface area contributed by atoms with Crippen molar-refractivity contribution in [1.82, 2.24) is 4.98 Å². The summed E-state index contributed by atoms with van der Waals surface area (Å²) in [6, 6.07) is 0.218. The molecule has 0 atom stereocenters. The Morgan fingerprint density at radius 2 is 2.12 bits per heavy atom. The number of hydrogen-bond donors (Lipinski definition) is 1. The Balaban J connectivity index is 0. The summed E-state index contributed by atoms with van der Waals surface area (Å²) < 4.78 is 4.50. The lowest BCUT2D eigenvalue weighted by Crippen LogP contribution is -1.79. The van der Waals surface area contributed by atoms with E-state index in [2.05, 4.69) is 9.40 Å². The molecule has 3 nitrogen and oxygen atoms in total. The SMILES string of the molecule is Cl.Cl.Nc1ncco1. The van der Waals surface area contributed by atoms with Gasteiger partial charge in [0, 0.05) is 0 Å². The third kappa shape index (κ3) is 2.71. The van der Waals surface area contributed by atoms with Gasteiger partial charge in [-0.2, -0.15) is 0 Å². The highest BCUT2D eigenvalue weighted by molar-refractivity contribution is 5.85. The van der Waals surface area contributed by atoms with Crippen LogP contribution in [0.25, 0.3) is 0 Å². The summed E-state index contributed by atoms with van der Waals surface area (Å²) in [6.45, 7) is 0. The zero-order valence-electron chi connectivity index (χ0n) is 3.90. The molecule has 1 aromatic rings. The lowest BCUT2D eigenvalue weighted by atomic mass is 11.0. The Morgan fingerprint density at radius 3 is 2.25 bits per heavy atom. The van der Waals surface area contributed by atoms with E-state index in [-0.39, 0.29) is 30.8 Å². The lowest BCUT2D eigenvalue weighted by molar-refractivity contribution is 0.580. The number of nitrogens with zero attached hydrogens (tertiary/aromatic N) is 1. The minimum Gasteiger partial charge on any atom is -0.432 e. The maximum atomic E-state index is 5.00. The summed E-state index contributed by atoms with van der Waals surface area (Å²) in [7, 11) is 0. The molecule has 8 heavy (non-hydrogen) atoms. The molecule has 0 aliphatic rings. The fourth-order valence-corrected chi connectivity index (χ4v) is 0.234. The van der Waals surface area contributed by atoms with Gasteiger partial charge < -0.3 is 10.2 Å². The van der Waals surface area contributed by atoms with E-state index in [0.717, 1.165) is 0 Å². The van der Waals surface area contributed by atoms with Gasteiger partial charge in [0.25, 0.3) is 6.01 Å². The summed E-state index contributed by atoms with van der Waals surface area (Å²) >= 11 is 0. The van der Waals surface area contributed by atoms with Gasteiger partial charge in [0.1, 0.15) is 6.26 Å². The zero-order valence-corrected chi connectivity index (χ0v) is 5.54. The standard InChI is InChI=1S/C3H4N2O.2ClH/c4-3-5-1-2-6-3;;/h1-2H,(H2,4,5);2*1H. The van der Waals surface area contributed by atoms with Crippen molar-refractivity contribution in [2.75, 3.05) is 5.73 Å². The Bertz CT molecular complexity index is 119. The monoisotopic (exact) mass is 156 g/mol. The van der Waals surface area contributed by atoms with Crippen LogP contribution in [0.1, 0.15) is 0 Å². The molecular weight excluding hydrogens is 151 g/mol. The largest absolute Gasteiger partial charge is 0.432 e. The predicted octanol–water partition coefficient (Wildman–Crippen LogP) is 1.10. The summed E-state index contributed by atoms with van der Waals surface area (Å²) in [6.07, 6.45) is 2.92. The molecule has 1 aromatic heterocycles. The van der Waals surface area contributed by atoms with Crippen molar-refractivity contribution in [2.24, 2.45) is 0 Å². The lowest BCUT2D eigenvalue weighted by Gasteiger charge is -1.68. The van der Waals surface area contributed by atoms with Crippen LogP contribution in [0, 0.1) is 0 Å². The maximum Gasteiger partial charge on any atom is 0.291 e. The number of oxazole rings is 1. The zero-order chi connectivity index (χ0) is 4.41. The summed E-state index contributed by atoms with van der Waals surface area (Å²) in [5.74, 6) is 0. The molecule has 0 radical (unpaired) electrons. The Kier molecular flexibility index (Phi) is 6.25. The van der Waals surface area contributed by atoms with Crippen LogP contribution in [0.3, 0.4) is 0 Å². The molecule has 0 aromatic carbocycles. The van der Waals surface area contributed by atoms with Crippen LogP contribution in [-0.2, 0) is 0 Å². The van der Waals surface area contributed by atoms with E-state index in [4.69, 9.17) is 5.73 Å². The third-order valence-corrected chi connectivity index (χ3v) is 0.451. The molecule has 0 aliphatic carbocycles. The first kappa shape index (κ1) is 10.5. The quantitative estimate of drug-likeness (QED) is 0.613. The van der Waals surface area contributed by atoms with Crippen molar-refractivity contribution in [2.45, 2.75) is 0 Å². The Morgan fingerprint density at radius 1 is 1.50 bits per heavy atom. The topological polar surface area (TPSA) is 52.0 Å². The molecule has 5 heteroatoms. The maximum absolute atomic E-state index is 5.00. The van der Waals surface area contributed by atoms with Gasteiger partial charge in [0.2, 0.25) is 0 Å². The van der Waals surface area contributed by atoms with Gasteiger partial charge in [-0.3, -0.25) is 0 Å². The Hall–Kier alpha value is -0.410. The molecule has 0 fully saturated rings. The molecule has 0 unspecified atom stereocenters. The van der Waals surface area contributed by atoms with Gasteiger partial charge in [-0.15, -0.1) is 24.8 Å². The number of aromatic nitrogens is 1. The van der Waals surface area contributed by atoms with Crippen molar-refractivity contribution in [3.8, 4) is 0 Å². The summed E-state index contributed by atoms with van der Waals surface area (Å²) in [5.41, 5.74) is 5.00. The van der Waals surface area contributed by atoms with Gasteiger partial charge >= 0.3 is 0 Å². The molecule has 0 saturated heterocycles. The van der Waals surface area contributed by atoms with Crippen molar-refractivity contribution in [3.63, 3.8) is 0 Å². The highest BCUT2D eigenvalue weighted by atomic mass is 35.5. The number of hydrogen-bond acceptors (Lipinski definition) is 3. The molecule has 0 saturated carbocycles. The van der Waals surface area contributed by atoms with Gasteiger partial charge in [0.05, 0.1) is 6.20 Å². The van der Waals surface area contributed by atoms with Crippen molar-refractivity contribution in [1.29, 1.82) is 0 Å². The first-order chi connectivity index (χ1) is 2.89. The highest BCUT2D eigenvalue weighted by Gasteiger charge is 1.78. The second-order valence-corrected chi connectivity index (χ2v) is 0.870. The number of nitrogen functional groups attached to an aromatic ring is 1. The van der Waals surface area contributed by atoms with E-state index in [0.29, 0.717) is 0 Å². The second kappa shape index (κ2) is 4.74. The fraction of sp³-hybridized carbons (Fsp3) is 0. The van der Waals surface area contributed by atoms with E-state index < -0.39 is 0 Å². The molecule has 1 heterocycles. The van der Waals surface area contributed by atoms with Crippen LogP contribution in [0.15, 0.2) is 16.9 Å². The minimum atomic E-state index is 0. The van der Waals surface area contributed by atoms with E-state index in [9.17, 15) is 0 Å². The van der Waals surface area contributed by atoms with Crippen LogP contribution < -0.4 is 5.73 Å². The number of nitrogens with two attached hydrogens (primary N) is 1. The molecular formula is C3H6Cl2N2O. The van der Waals surface area contributed by atoms with E-state index in [1.54, 1.807) is 0 Å².